The molecule has 5 nitrogen and oxygen atoms in total. The fourth-order valence-electron chi connectivity index (χ4n) is 3.04. The molecule has 1 aliphatic heterocycles. The van der Waals surface area contributed by atoms with E-state index in [1.54, 1.807) is 4.68 Å². The summed E-state index contributed by atoms with van der Waals surface area (Å²) in [6.07, 6.45) is 1.87. The lowest BCUT2D eigenvalue weighted by Crippen LogP contribution is -2.23. The lowest BCUT2D eigenvalue weighted by molar-refractivity contribution is -0.141. The highest BCUT2D eigenvalue weighted by Crippen LogP contribution is 2.32. The van der Waals surface area contributed by atoms with Crippen LogP contribution in [0.4, 0.5) is 0 Å². The molecule has 1 aliphatic rings. The summed E-state index contributed by atoms with van der Waals surface area (Å²) in [5.74, 6) is -1.16. The zero-order valence-corrected chi connectivity index (χ0v) is 12.0. The quantitative estimate of drug-likeness (QED) is 0.929. The van der Waals surface area contributed by atoms with Gasteiger partial charge in [0.25, 0.3) is 0 Å². The van der Waals surface area contributed by atoms with E-state index in [1.807, 2.05) is 37.5 Å². The number of aryl methyl sites for hydroxylation is 1. The maximum atomic E-state index is 11.5. The summed E-state index contributed by atoms with van der Waals surface area (Å²) in [4.78, 5) is 13.7. The average Bonchev–Trinajstić information content (AvgIpc) is 3.06. The zero-order valence-electron chi connectivity index (χ0n) is 12.0. The van der Waals surface area contributed by atoms with E-state index in [2.05, 4.69) is 22.1 Å². The Bertz CT molecular complexity index is 623. The SMILES string of the molecule is Cn1ccc(C2CN(Cc3ccccc3)CC2C(=O)O)n1. The second-order valence-corrected chi connectivity index (χ2v) is 5.65. The first-order valence-corrected chi connectivity index (χ1v) is 7.12. The molecule has 0 bridgehead atoms. The van der Waals surface area contributed by atoms with E-state index in [0.29, 0.717) is 6.54 Å². The van der Waals surface area contributed by atoms with Crippen molar-refractivity contribution in [2.24, 2.45) is 13.0 Å². The Labute approximate surface area is 123 Å². The fourth-order valence-corrected chi connectivity index (χ4v) is 3.04. The van der Waals surface area contributed by atoms with Crippen molar-refractivity contribution < 1.29 is 9.90 Å². The molecule has 0 spiro atoms. The van der Waals surface area contributed by atoms with Gasteiger partial charge >= 0.3 is 5.97 Å². The normalized spacial score (nSPS) is 22.5. The van der Waals surface area contributed by atoms with Gasteiger partial charge in [0.1, 0.15) is 0 Å². The van der Waals surface area contributed by atoms with Crippen LogP contribution in [0.2, 0.25) is 0 Å². The van der Waals surface area contributed by atoms with Crippen LogP contribution in [-0.4, -0.2) is 38.8 Å². The van der Waals surface area contributed by atoms with Gasteiger partial charge in [-0.3, -0.25) is 14.4 Å². The van der Waals surface area contributed by atoms with Crippen LogP contribution in [0.15, 0.2) is 42.6 Å². The number of hydrogen-bond acceptors (Lipinski definition) is 3. The average molecular weight is 285 g/mol. The van der Waals surface area contributed by atoms with Crippen LogP contribution >= 0.6 is 0 Å². The predicted octanol–water partition coefficient (Wildman–Crippen LogP) is 1.72. The summed E-state index contributed by atoms with van der Waals surface area (Å²) in [5.41, 5.74) is 2.09. The first-order valence-electron chi connectivity index (χ1n) is 7.12. The first kappa shape index (κ1) is 13.8. The minimum absolute atomic E-state index is 0.0348. The summed E-state index contributed by atoms with van der Waals surface area (Å²) >= 11 is 0. The molecule has 1 aromatic carbocycles. The van der Waals surface area contributed by atoms with Crippen LogP contribution in [0.1, 0.15) is 17.2 Å². The number of aliphatic carboxylic acids is 1. The lowest BCUT2D eigenvalue weighted by atomic mass is 9.93. The number of carboxylic acids is 1. The molecule has 1 saturated heterocycles. The second kappa shape index (κ2) is 5.69. The Morgan fingerprint density at radius 2 is 2.05 bits per heavy atom. The van der Waals surface area contributed by atoms with Crippen LogP contribution in [0.25, 0.3) is 0 Å². The van der Waals surface area contributed by atoms with Crippen LogP contribution in [0.5, 0.6) is 0 Å². The van der Waals surface area contributed by atoms with Crippen molar-refractivity contribution in [2.45, 2.75) is 12.5 Å². The van der Waals surface area contributed by atoms with E-state index in [9.17, 15) is 9.90 Å². The number of nitrogens with zero attached hydrogens (tertiary/aromatic N) is 3. The minimum Gasteiger partial charge on any atom is -0.481 e. The van der Waals surface area contributed by atoms with Crippen molar-refractivity contribution in [3.8, 4) is 0 Å². The number of likely N-dealkylation sites (tertiary alicyclic amines) is 1. The molecule has 110 valence electrons. The third-order valence-corrected chi connectivity index (χ3v) is 4.08. The number of carboxylic acid groups (broad SMARTS) is 1. The molecule has 0 saturated carbocycles. The summed E-state index contributed by atoms with van der Waals surface area (Å²) in [6.45, 7) is 2.10. The largest absolute Gasteiger partial charge is 0.481 e. The van der Waals surface area contributed by atoms with Gasteiger partial charge in [-0.2, -0.15) is 5.10 Å². The molecule has 0 aliphatic carbocycles. The summed E-state index contributed by atoms with van der Waals surface area (Å²) in [7, 11) is 1.86. The lowest BCUT2D eigenvalue weighted by Gasteiger charge is -2.15. The molecule has 0 radical (unpaired) electrons. The Hall–Kier alpha value is -2.14. The highest BCUT2D eigenvalue weighted by Gasteiger charge is 2.39. The highest BCUT2D eigenvalue weighted by atomic mass is 16.4. The van der Waals surface area contributed by atoms with Crippen molar-refractivity contribution in [1.82, 2.24) is 14.7 Å². The van der Waals surface area contributed by atoms with E-state index in [4.69, 9.17) is 0 Å². The Kier molecular flexibility index (Phi) is 3.75. The maximum Gasteiger partial charge on any atom is 0.308 e. The molecule has 2 heterocycles. The molecule has 1 N–H and O–H groups in total. The monoisotopic (exact) mass is 285 g/mol. The smallest absolute Gasteiger partial charge is 0.308 e. The molecule has 21 heavy (non-hydrogen) atoms. The van der Waals surface area contributed by atoms with E-state index in [1.165, 1.54) is 5.56 Å². The van der Waals surface area contributed by atoms with Gasteiger partial charge in [0.15, 0.2) is 0 Å². The van der Waals surface area contributed by atoms with Gasteiger partial charge in [-0.15, -0.1) is 0 Å². The van der Waals surface area contributed by atoms with E-state index in [0.717, 1.165) is 18.8 Å². The molecule has 2 unspecified atom stereocenters. The second-order valence-electron chi connectivity index (χ2n) is 5.65. The van der Waals surface area contributed by atoms with Crippen molar-refractivity contribution >= 4 is 5.97 Å². The van der Waals surface area contributed by atoms with Gasteiger partial charge < -0.3 is 5.11 Å². The van der Waals surface area contributed by atoms with Crippen molar-refractivity contribution in [3.05, 3.63) is 53.9 Å². The van der Waals surface area contributed by atoms with Crippen molar-refractivity contribution in [3.63, 3.8) is 0 Å². The third kappa shape index (κ3) is 2.97. The Morgan fingerprint density at radius 3 is 2.67 bits per heavy atom. The molecule has 2 atom stereocenters. The van der Waals surface area contributed by atoms with Crippen LogP contribution in [0.3, 0.4) is 0 Å². The third-order valence-electron chi connectivity index (χ3n) is 4.08. The van der Waals surface area contributed by atoms with Gasteiger partial charge in [-0.05, 0) is 11.6 Å². The molecule has 0 amide bonds. The first-order chi connectivity index (χ1) is 10.1. The topological polar surface area (TPSA) is 58.4 Å². The standard InChI is InChI=1S/C16H19N3O2/c1-18-8-7-15(17-18)13-10-19(11-14(13)16(20)21)9-12-5-3-2-4-6-12/h2-8,13-14H,9-11H2,1H3,(H,20,21). The summed E-state index contributed by atoms with van der Waals surface area (Å²) in [5, 5.41) is 13.9. The molecule has 2 aromatic rings. The number of carbonyl (C=O) groups is 1. The van der Waals surface area contributed by atoms with E-state index >= 15 is 0 Å². The zero-order chi connectivity index (χ0) is 14.8. The van der Waals surface area contributed by atoms with Gasteiger partial charge in [-0.25, -0.2) is 0 Å². The maximum absolute atomic E-state index is 11.5. The molecule has 3 rings (SSSR count). The summed E-state index contributed by atoms with van der Waals surface area (Å²) < 4.78 is 1.73. The number of rotatable bonds is 4. The molecule has 1 fully saturated rings. The summed E-state index contributed by atoms with van der Waals surface area (Å²) in [6, 6.07) is 12.1. The Balaban J connectivity index is 1.76. The van der Waals surface area contributed by atoms with E-state index < -0.39 is 5.97 Å². The van der Waals surface area contributed by atoms with Crippen molar-refractivity contribution in [2.75, 3.05) is 13.1 Å². The van der Waals surface area contributed by atoms with E-state index in [-0.39, 0.29) is 11.8 Å². The van der Waals surface area contributed by atoms with Crippen molar-refractivity contribution in [1.29, 1.82) is 0 Å². The highest BCUT2D eigenvalue weighted by molar-refractivity contribution is 5.72. The van der Waals surface area contributed by atoms with Crippen LogP contribution in [0, 0.1) is 5.92 Å². The molecular weight excluding hydrogens is 266 g/mol. The van der Waals surface area contributed by atoms with Gasteiger partial charge in [0, 0.05) is 38.8 Å². The molecule has 5 heteroatoms. The van der Waals surface area contributed by atoms with Gasteiger partial charge in [-0.1, -0.05) is 30.3 Å². The van der Waals surface area contributed by atoms with Crippen LogP contribution < -0.4 is 0 Å². The van der Waals surface area contributed by atoms with Crippen LogP contribution in [-0.2, 0) is 18.4 Å². The fraction of sp³-hybridized carbons (Fsp3) is 0.375. The molecule has 1 aromatic heterocycles. The van der Waals surface area contributed by atoms with Gasteiger partial charge in [0.05, 0.1) is 11.6 Å². The molecular formula is C16H19N3O2. The Morgan fingerprint density at radius 1 is 1.29 bits per heavy atom. The minimum atomic E-state index is -0.735. The van der Waals surface area contributed by atoms with Gasteiger partial charge in [0.2, 0.25) is 0 Å². The predicted molar refractivity (Wildman–Crippen MR) is 78.8 cm³/mol. The number of aromatic nitrogens is 2. The number of hydrogen-bond donors (Lipinski definition) is 1. The number of benzene rings is 1.